The molecule has 0 aliphatic heterocycles. The van der Waals surface area contributed by atoms with E-state index in [0.717, 1.165) is 36.8 Å². The van der Waals surface area contributed by atoms with E-state index in [0.29, 0.717) is 31.6 Å². The summed E-state index contributed by atoms with van der Waals surface area (Å²) < 4.78 is 7.34. The predicted molar refractivity (Wildman–Crippen MR) is 106 cm³/mol. The fraction of sp³-hybridized carbons (Fsp3) is 0.476. The molecule has 0 saturated carbocycles. The van der Waals surface area contributed by atoms with E-state index in [9.17, 15) is 19.5 Å². The first-order valence-corrected chi connectivity index (χ1v) is 9.63. The molecule has 0 amide bonds. The van der Waals surface area contributed by atoms with Gasteiger partial charge < -0.3 is 19.5 Å². The average Bonchev–Trinajstić information content (AvgIpc) is 2.66. The van der Waals surface area contributed by atoms with Gasteiger partial charge >= 0.3 is 11.9 Å². The molecular formula is C21H27NO6. The number of pyridine rings is 1. The lowest BCUT2D eigenvalue weighted by Crippen LogP contribution is -2.18. The van der Waals surface area contributed by atoms with E-state index in [-0.39, 0.29) is 12.0 Å². The molecule has 28 heavy (non-hydrogen) atoms. The van der Waals surface area contributed by atoms with Gasteiger partial charge in [0.05, 0.1) is 5.52 Å². The molecular weight excluding hydrogens is 362 g/mol. The number of aromatic nitrogens is 1. The Labute approximate surface area is 163 Å². The summed E-state index contributed by atoms with van der Waals surface area (Å²) in [6, 6.07) is 5.60. The highest BCUT2D eigenvalue weighted by molar-refractivity contribution is 5.92. The summed E-state index contributed by atoms with van der Waals surface area (Å²) in [5.74, 6) is -1.98. The van der Waals surface area contributed by atoms with Gasteiger partial charge in [-0.25, -0.2) is 4.79 Å². The smallest absolute Gasteiger partial charge is 0.341 e. The van der Waals surface area contributed by atoms with Crippen LogP contribution in [0.3, 0.4) is 0 Å². The third kappa shape index (κ3) is 5.92. The van der Waals surface area contributed by atoms with Crippen LogP contribution in [0.4, 0.5) is 0 Å². The molecule has 1 aromatic carbocycles. The van der Waals surface area contributed by atoms with Gasteiger partial charge in [0.25, 0.3) is 0 Å². The fourth-order valence-corrected chi connectivity index (χ4v) is 3.15. The van der Waals surface area contributed by atoms with E-state index in [1.807, 2.05) is 19.1 Å². The molecule has 0 aliphatic rings. The highest BCUT2D eigenvalue weighted by atomic mass is 16.5. The molecule has 7 heteroatoms. The number of aromatic carboxylic acids is 1. The SMILES string of the molecule is CCn1cc(C(=O)O)c(=O)c2cc(CCCOCCCCCC(=O)O)ccc21. The Morgan fingerprint density at radius 1 is 1.07 bits per heavy atom. The van der Waals surface area contributed by atoms with E-state index in [2.05, 4.69) is 0 Å². The van der Waals surface area contributed by atoms with E-state index < -0.39 is 17.4 Å². The van der Waals surface area contributed by atoms with Crippen molar-refractivity contribution in [3.8, 4) is 0 Å². The van der Waals surface area contributed by atoms with E-state index in [4.69, 9.17) is 9.84 Å². The molecule has 0 atom stereocenters. The molecule has 0 unspecified atom stereocenters. The molecule has 2 rings (SSSR count). The van der Waals surface area contributed by atoms with Crippen molar-refractivity contribution >= 4 is 22.8 Å². The number of carboxylic acid groups (broad SMARTS) is 2. The molecule has 0 saturated heterocycles. The van der Waals surface area contributed by atoms with Crippen LogP contribution >= 0.6 is 0 Å². The highest BCUT2D eigenvalue weighted by Gasteiger charge is 2.14. The number of ether oxygens (including phenoxy) is 1. The van der Waals surface area contributed by atoms with E-state index in [1.165, 1.54) is 6.20 Å². The molecule has 2 N–H and O–H groups in total. The maximum atomic E-state index is 12.5. The second-order valence-electron chi connectivity index (χ2n) is 6.73. The summed E-state index contributed by atoms with van der Waals surface area (Å²) in [6.07, 6.45) is 5.48. The van der Waals surface area contributed by atoms with Crippen molar-refractivity contribution in [2.75, 3.05) is 13.2 Å². The van der Waals surface area contributed by atoms with E-state index in [1.54, 1.807) is 10.6 Å². The maximum absolute atomic E-state index is 12.5. The number of aliphatic carboxylic acids is 1. The fourth-order valence-electron chi connectivity index (χ4n) is 3.15. The Bertz CT molecular complexity index is 886. The Balaban J connectivity index is 1.90. The average molecular weight is 389 g/mol. The third-order valence-corrected chi connectivity index (χ3v) is 4.65. The van der Waals surface area contributed by atoms with Crippen molar-refractivity contribution in [2.45, 2.75) is 52.0 Å². The summed E-state index contributed by atoms with van der Waals surface area (Å²) in [7, 11) is 0. The van der Waals surface area contributed by atoms with Crippen molar-refractivity contribution in [2.24, 2.45) is 0 Å². The Morgan fingerprint density at radius 3 is 2.50 bits per heavy atom. The van der Waals surface area contributed by atoms with Crippen molar-refractivity contribution in [1.29, 1.82) is 0 Å². The van der Waals surface area contributed by atoms with Gasteiger partial charge in [0.1, 0.15) is 5.56 Å². The number of nitrogens with zero attached hydrogens (tertiary/aromatic N) is 1. The monoisotopic (exact) mass is 389 g/mol. The zero-order valence-corrected chi connectivity index (χ0v) is 16.1. The molecule has 152 valence electrons. The lowest BCUT2D eigenvalue weighted by atomic mass is 10.0. The maximum Gasteiger partial charge on any atom is 0.341 e. The summed E-state index contributed by atoms with van der Waals surface area (Å²) in [4.78, 5) is 34.2. The molecule has 0 radical (unpaired) electrons. The Hall–Kier alpha value is -2.67. The van der Waals surface area contributed by atoms with Gasteiger partial charge in [-0.15, -0.1) is 0 Å². The van der Waals surface area contributed by atoms with Gasteiger partial charge in [-0.3, -0.25) is 9.59 Å². The molecule has 0 spiro atoms. The number of fused-ring (bicyclic) bond motifs is 1. The minimum absolute atomic E-state index is 0.200. The van der Waals surface area contributed by atoms with Gasteiger partial charge in [-0.05, 0) is 50.3 Å². The van der Waals surface area contributed by atoms with Crippen LogP contribution < -0.4 is 5.43 Å². The Kier molecular flexibility index (Phi) is 8.19. The van der Waals surface area contributed by atoms with Crippen LogP contribution in [-0.4, -0.2) is 39.9 Å². The number of carboxylic acids is 2. The van der Waals surface area contributed by atoms with Crippen molar-refractivity contribution < 1.29 is 24.5 Å². The first-order chi connectivity index (χ1) is 13.4. The van der Waals surface area contributed by atoms with Crippen LogP contribution in [0, 0.1) is 0 Å². The number of aryl methyl sites for hydroxylation is 2. The summed E-state index contributed by atoms with van der Waals surface area (Å²) in [6.45, 7) is 3.69. The van der Waals surface area contributed by atoms with Gasteiger partial charge in [-0.2, -0.15) is 0 Å². The quantitative estimate of drug-likeness (QED) is 0.540. The van der Waals surface area contributed by atoms with Crippen LogP contribution in [0.2, 0.25) is 0 Å². The van der Waals surface area contributed by atoms with Crippen LogP contribution in [0.25, 0.3) is 10.9 Å². The summed E-state index contributed by atoms with van der Waals surface area (Å²) in [5, 5.41) is 18.3. The molecule has 0 bridgehead atoms. The second kappa shape index (κ2) is 10.6. The van der Waals surface area contributed by atoms with Crippen LogP contribution in [0.5, 0.6) is 0 Å². The van der Waals surface area contributed by atoms with Crippen molar-refractivity contribution in [1.82, 2.24) is 4.57 Å². The topological polar surface area (TPSA) is 106 Å². The van der Waals surface area contributed by atoms with Gasteiger partial charge in [0.2, 0.25) is 5.43 Å². The molecule has 2 aromatic rings. The van der Waals surface area contributed by atoms with Gasteiger partial charge in [0.15, 0.2) is 0 Å². The zero-order valence-electron chi connectivity index (χ0n) is 16.1. The number of hydrogen-bond donors (Lipinski definition) is 2. The minimum Gasteiger partial charge on any atom is -0.481 e. The number of rotatable bonds is 12. The highest BCUT2D eigenvalue weighted by Crippen LogP contribution is 2.16. The lowest BCUT2D eigenvalue weighted by molar-refractivity contribution is -0.137. The minimum atomic E-state index is -1.21. The number of unbranched alkanes of at least 4 members (excludes halogenated alkanes) is 2. The van der Waals surface area contributed by atoms with Crippen molar-refractivity contribution in [3.05, 3.63) is 45.7 Å². The molecule has 0 aliphatic carbocycles. The first-order valence-electron chi connectivity index (χ1n) is 9.63. The lowest BCUT2D eigenvalue weighted by Gasteiger charge is -2.11. The van der Waals surface area contributed by atoms with Gasteiger partial charge in [-0.1, -0.05) is 12.5 Å². The molecule has 7 nitrogen and oxygen atoms in total. The van der Waals surface area contributed by atoms with Crippen LogP contribution in [0.15, 0.2) is 29.2 Å². The van der Waals surface area contributed by atoms with Crippen LogP contribution in [-0.2, 0) is 22.5 Å². The number of benzene rings is 1. The van der Waals surface area contributed by atoms with Crippen molar-refractivity contribution in [3.63, 3.8) is 0 Å². The molecule has 1 aromatic heterocycles. The molecule has 0 fully saturated rings. The third-order valence-electron chi connectivity index (χ3n) is 4.65. The predicted octanol–water partition coefficient (Wildman–Crippen LogP) is 3.31. The standard InChI is InChI=1S/C21H27NO6/c1-2-22-14-17(21(26)27)20(25)16-13-15(9-10-18(16)22)7-6-12-28-11-5-3-4-8-19(23)24/h9-10,13-14H,2-8,11-12H2,1H3,(H,23,24)(H,26,27). The normalized spacial score (nSPS) is 11.0. The van der Waals surface area contributed by atoms with Crippen LogP contribution in [0.1, 0.15) is 54.9 Å². The largest absolute Gasteiger partial charge is 0.481 e. The van der Waals surface area contributed by atoms with E-state index >= 15 is 0 Å². The second-order valence-corrected chi connectivity index (χ2v) is 6.73. The summed E-state index contributed by atoms with van der Waals surface area (Å²) >= 11 is 0. The number of hydrogen-bond acceptors (Lipinski definition) is 4. The number of carbonyl (C=O) groups is 2. The molecule has 1 heterocycles. The summed E-state index contributed by atoms with van der Waals surface area (Å²) in [5.41, 5.74) is 1.04. The zero-order chi connectivity index (χ0) is 20.5. The first kappa shape index (κ1) is 21.6. The Morgan fingerprint density at radius 2 is 1.82 bits per heavy atom. The van der Waals surface area contributed by atoms with Gasteiger partial charge in [0, 0.05) is 37.8 Å².